The first-order chi connectivity index (χ1) is 7.85. The Morgan fingerprint density at radius 1 is 1.41 bits per heavy atom. The lowest BCUT2D eigenvalue weighted by atomic mass is 9.94. The minimum atomic E-state index is -0.431. The first-order valence-electron chi connectivity index (χ1n) is 5.36. The van der Waals surface area contributed by atoms with E-state index in [1.54, 1.807) is 0 Å². The molecular formula is C12H18N2O3. The second kappa shape index (κ2) is 5.05. The number of hydrogen-bond donors (Lipinski definition) is 4. The van der Waals surface area contributed by atoms with Crippen molar-refractivity contribution in [2.45, 2.75) is 13.8 Å². The second-order valence-corrected chi connectivity index (χ2v) is 4.75. The summed E-state index contributed by atoms with van der Waals surface area (Å²) in [5.74, 6) is -0.656. The Bertz CT molecular complexity index is 416. The molecule has 0 unspecified atom stereocenters. The van der Waals surface area contributed by atoms with Gasteiger partial charge in [0.2, 0.25) is 0 Å². The minimum Gasteiger partial charge on any atom is -0.508 e. The average Bonchev–Trinajstić information content (AvgIpc) is 2.29. The largest absolute Gasteiger partial charge is 0.508 e. The van der Waals surface area contributed by atoms with E-state index in [0.29, 0.717) is 13.1 Å². The monoisotopic (exact) mass is 238 g/mol. The summed E-state index contributed by atoms with van der Waals surface area (Å²) in [6.07, 6.45) is 0. The van der Waals surface area contributed by atoms with Gasteiger partial charge in [0.1, 0.15) is 11.5 Å². The van der Waals surface area contributed by atoms with Gasteiger partial charge < -0.3 is 21.3 Å². The highest BCUT2D eigenvalue weighted by molar-refractivity contribution is 5.97. The van der Waals surface area contributed by atoms with Crippen LogP contribution in [0, 0.1) is 5.41 Å². The topological polar surface area (TPSA) is 95.6 Å². The van der Waals surface area contributed by atoms with Gasteiger partial charge in [0.25, 0.3) is 5.91 Å². The lowest BCUT2D eigenvalue weighted by molar-refractivity contribution is 0.0935. The molecule has 1 amide bonds. The number of nitrogens with one attached hydrogen (secondary N) is 1. The molecule has 1 aromatic rings. The van der Waals surface area contributed by atoms with Crippen LogP contribution in [-0.4, -0.2) is 29.2 Å². The predicted octanol–water partition coefficient (Wildman–Crippen LogP) is 0.812. The number of hydrogen-bond acceptors (Lipinski definition) is 4. The molecule has 0 atom stereocenters. The van der Waals surface area contributed by atoms with Gasteiger partial charge in [0, 0.05) is 6.54 Å². The third-order valence-electron chi connectivity index (χ3n) is 2.50. The quantitative estimate of drug-likeness (QED) is 0.584. The molecule has 5 nitrogen and oxygen atoms in total. The number of carbonyl (C=O) groups is 1. The van der Waals surface area contributed by atoms with Crippen LogP contribution >= 0.6 is 0 Å². The van der Waals surface area contributed by atoms with Crippen LogP contribution in [0.3, 0.4) is 0 Å². The summed E-state index contributed by atoms with van der Waals surface area (Å²) >= 11 is 0. The van der Waals surface area contributed by atoms with Crippen LogP contribution in [0.15, 0.2) is 18.2 Å². The zero-order valence-corrected chi connectivity index (χ0v) is 10.0. The van der Waals surface area contributed by atoms with Crippen LogP contribution in [0.5, 0.6) is 11.5 Å². The summed E-state index contributed by atoms with van der Waals surface area (Å²) in [5, 5.41) is 21.4. The molecule has 0 radical (unpaired) electrons. The highest BCUT2D eigenvalue weighted by Gasteiger charge is 2.18. The highest BCUT2D eigenvalue weighted by Crippen LogP contribution is 2.22. The molecule has 0 aromatic heterocycles. The van der Waals surface area contributed by atoms with Gasteiger partial charge in [0.05, 0.1) is 5.56 Å². The van der Waals surface area contributed by atoms with Crippen LogP contribution in [0.4, 0.5) is 0 Å². The van der Waals surface area contributed by atoms with E-state index in [1.807, 2.05) is 13.8 Å². The summed E-state index contributed by atoms with van der Waals surface area (Å²) in [4.78, 5) is 11.8. The number of phenols is 2. The molecule has 94 valence electrons. The number of carbonyl (C=O) groups excluding carboxylic acids is 1. The van der Waals surface area contributed by atoms with Crippen LogP contribution in [0.1, 0.15) is 24.2 Å². The van der Waals surface area contributed by atoms with Crippen LogP contribution in [0.2, 0.25) is 0 Å². The standard InChI is InChI=1S/C12H18N2O3/c1-12(2,6-13)7-14-11(17)9-5-8(15)3-4-10(9)16/h3-5,15-16H,6-7,13H2,1-2H3,(H,14,17). The molecule has 0 aliphatic heterocycles. The molecule has 0 aliphatic rings. The van der Waals surface area contributed by atoms with E-state index in [-0.39, 0.29) is 22.5 Å². The Labute approximate surface area is 100 Å². The molecule has 0 fully saturated rings. The molecule has 5 N–H and O–H groups in total. The molecule has 5 heteroatoms. The van der Waals surface area contributed by atoms with Gasteiger partial charge in [-0.2, -0.15) is 0 Å². The van der Waals surface area contributed by atoms with Crippen molar-refractivity contribution in [3.63, 3.8) is 0 Å². The first kappa shape index (κ1) is 13.3. The molecule has 1 rings (SSSR count). The molecule has 0 bridgehead atoms. The number of nitrogens with two attached hydrogens (primary N) is 1. The van der Waals surface area contributed by atoms with E-state index in [1.165, 1.54) is 18.2 Å². The van der Waals surface area contributed by atoms with Crippen molar-refractivity contribution in [3.05, 3.63) is 23.8 Å². The number of aromatic hydroxyl groups is 2. The maximum Gasteiger partial charge on any atom is 0.255 e. The molecule has 0 saturated heterocycles. The Kier molecular flexibility index (Phi) is 3.96. The lowest BCUT2D eigenvalue weighted by Crippen LogP contribution is -2.38. The molecule has 0 saturated carbocycles. The van der Waals surface area contributed by atoms with Gasteiger partial charge in [-0.05, 0) is 30.2 Å². The Hall–Kier alpha value is -1.75. The predicted molar refractivity (Wildman–Crippen MR) is 64.9 cm³/mol. The minimum absolute atomic E-state index is 0.0535. The van der Waals surface area contributed by atoms with Gasteiger partial charge in [-0.15, -0.1) is 0 Å². The van der Waals surface area contributed by atoms with E-state index in [4.69, 9.17) is 5.73 Å². The summed E-state index contributed by atoms with van der Waals surface area (Å²) in [5.41, 5.74) is 5.39. The second-order valence-electron chi connectivity index (χ2n) is 4.75. The van der Waals surface area contributed by atoms with Crippen LogP contribution < -0.4 is 11.1 Å². The molecule has 17 heavy (non-hydrogen) atoms. The lowest BCUT2D eigenvalue weighted by Gasteiger charge is -2.22. The van der Waals surface area contributed by atoms with E-state index >= 15 is 0 Å². The van der Waals surface area contributed by atoms with Crippen molar-refractivity contribution in [1.29, 1.82) is 0 Å². The van der Waals surface area contributed by atoms with E-state index in [2.05, 4.69) is 5.32 Å². The number of rotatable bonds is 4. The molecule has 1 aromatic carbocycles. The molecular weight excluding hydrogens is 220 g/mol. The maximum atomic E-state index is 11.8. The SMILES string of the molecule is CC(C)(CN)CNC(=O)c1cc(O)ccc1O. The van der Waals surface area contributed by atoms with Crippen LogP contribution in [-0.2, 0) is 0 Å². The zero-order valence-electron chi connectivity index (χ0n) is 10.0. The van der Waals surface area contributed by atoms with E-state index < -0.39 is 5.91 Å². The van der Waals surface area contributed by atoms with Gasteiger partial charge in [-0.25, -0.2) is 0 Å². The van der Waals surface area contributed by atoms with Crippen molar-refractivity contribution in [3.8, 4) is 11.5 Å². The molecule has 0 aliphatic carbocycles. The molecule has 0 spiro atoms. The molecule has 0 heterocycles. The summed E-state index contributed by atoms with van der Waals surface area (Å²) in [7, 11) is 0. The fourth-order valence-corrected chi connectivity index (χ4v) is 1.19. The van der Waals surface area contributed by atoms with Crippen molar-refractivity contribution in [2.75, 3.05) is 13.1 Å². The fourth-order valence-electron chi connectivity index (χ4n) is 1.19. The van der Waals surface area contributed by atoms with E-state index in [0.717, 1.165) is 0 Å². The smallest absolute Gasteiger partial charge is 0.255 e. The van der Waals surface area contributed by atoms with Crippen molar-refractivity contribution in [1.82, 2.24) is 5.32 Å². The zero-order chi connectivity index (χ0) is 13.1. The maximum absolute atomic E-state index is 11.8. The number of benzene rings is 1. The third-order valence-corrected chi connectivity index (χ3v) is 2.50. The summed E-state index contributed by atoms with van der Waals surface area (Å²) < 4.78 is 0. The van der Waals surface area contributed by atoms with Gasteiger partial charge in [-0.1, -0.05) is 13.8 Å². The number of amides is 1. The van der Waals surface area contributed by atoms with Crippen LogP contribution in [0.25, 0.3) is 0 Å². The summed E-state index contributed by atoms with van der Waals surface area (Å²) in [6, 6.07) is 3.81. The van der Waals surface area contributed by atoms with Gasteiger partial charge >= 0.3 is 0 Å². The van der Waals surface area contributed by atoms with Gasteiger partial charge in [0.15, 0.2) is 0 Å². The average molecular weight is 238 g/mol. The Balaban J connectivity index is 2.74. The van der Waals surface area contributed by atoms with Gasteiger partial charge in [-0.3, -0.25) is 4.79 Å². The normalized spacial score (nSPS) is 11.2. The van der Waals surface area contributed by atoms with Crippen molar-refractivity contribution < 1.29 is 15.0 Å². The Morgan fingerprint density at radius 2 is 2.06 bits per heavy atom. The van der Waals surface area contributed by atoms with E-state index in [9.17, 15) is 15.0 Å². The Morgan fingerprint density at radius 3 is 2.65 bits per heavy atom. The highest BCUT2D eigenvalue weighted by atomic mass is 16.3. The third kappa shape index (κ3) is 3.64. The number of phenolic OH excluding ortho intramolecular Hbond substituents is 2. The first-order valence-corrected chi connectivity index (χ1v) is 5.36. The van der Waals surface area contributed by atoms with Crippen molar-refractivity contribution in [2.24, 2.45) is 11.1 Å². The summed E-state index contributed by atoms with van der Waals surface area (Å²) in [6.45, 7) is 4.70. The fraction of sp³-hybridized carbons (Fsp3) is 0.417. The van der Waals surface area contributed by atoms with Crippen molar-refractivity contribution >= 4 is 5.91 Å².